The highest BCUT2D eigenvalue weighted by molar-refractivity contribution is 5.76. The molecule has 0 bridgehead atoms. The van der Waals surface area contributed by atoms with Crippen LogP contribution in [0.4, 0.5) is 14.6 Å². The number of benzene rings is 1. The molecule has 0 unspecified atom stereocenters. The first-order valence-corrected chi connectivity index (χ1v) is 9.15. The molecule has 0 amide bonds. The second-order valence-electron chi connectivity index (χ2n) is 6.38. The van der Waals surface area contributed by atoms with Crippen LogP contribution < -0.4 is 5.73 Å². The Morgan fingerprint density at radius 2 is 2.06 bits per heavy atom. The summed E-state index contributed by atoms with van der Waals surface area (Å²) in [5.41, 5.74) is 7.40. The predicted molar refractivity (Wildman–Crippen MR) is 105 cm³/mol. The molecule has 1 aromatic carbocycles. The third-order valence-electron chi connectivity index (χ3n) is 4.35. The number of ether oxygens (including phenoxy) is 1. The third-order valence-corrected chi connectivity index (χ3v) is 4.35. The predicted octanol–water partition coefficient (Wildman–Crippen LogP) is 2.01. The second kappa shape index (κ2) is 8.26. The first-order valence-electron chi connectivity index (χ1n) is 9.15. The lowest BCUT2D eigenvalue weighted by molar-refractivity contribution is -0.144. The molecule has 0 aliphatic carbocycles. The molecule has 2 N–H and O–H groups in total. The van der Waals surface area contributed by atoms with Crippen molar-refractivity contribution in [1.82, 2.24) is 35.0 Å². The number of pyridine rings is 1. The van der Waals surface area contributed by atoms with Crippen molar-refractivity contribution in [2.75, 3.05) is 12.3 Å². The fourth-order valence-electron chi connectivity index (χ4n) is 2.92. The molecule has 0 aliphatic rings. The van der Waals surface area contributed by atoms with Gasteiger partial charge in [0.2, 0.25) is 0 Å². The molecule has 31 heavy (non-hydrogen) atoms. The zero-order chi connectivity index (χ0) is 22.0. The van der Waals surface area contributed by atoms with Gasteiger partial charge in [-0.3, -0.25) is 9.48 Å². The van der Waals surface area contributed by atoms with Crippen LogP contribution in [0.5, 0.6) is 0 Å². The molecule has 0 spiro atoms. The number of anilines is 1. The molecule has 4 aromatic rings. The van der Waals surface area contributed by atoms with Gasteiger partial charge in [-0.2, -0.15) is 9.78 Å². The Kier molecular flexibility index (Phi) is 5.35. The summed E-state index contributed by atoms with van der Waals surface area (Å²) in [6.07, 6.45) is 4.70. The Balaban J connectivity index is 1.71. The minimum absolute atomic E-state index is 0.0415. The van der Waals surface area contributed by atoms with Crippen LogP contribution in [0, 0.1) is 11.6 Å². The molecular weight excluding hydrogens is 410 g/mol. The summed E-state index contributed by atoms with van der Waals surface area (Å²) in [4.78, 5) is 15.8. The van der Waals surface area contributed by atoms with Gasteiger partial charge in [0.1, 0.15) is 18.1 Å². The topological polar surface area (TPSA) is 127 Å². The highest BCUT2D eigenvalue weighted by Crippen LogP contribution is 2.29. The van der Waals surface area contributed by atoms with E-state index in [0.29, 0.717) is 16.7 Å². The molecule has 12 heteroatoms. The standard InChI is InChI=1S/C19H16F2N8O2/c1-2-31-16(30)10-28-9-12(8-24-28)11-6-13(18(22)23-7-11)19-25-26-27-29(19)15-5-3-4-14(20)17(15)21/h3-9H,2,10H2,1H3,(H2,22,23). The van der Waals surface area contributed by atoms with Gasteiger partial charge >= 0.3 is 5.97 Å². The maximum Gasteiger partial charge on any atom is 0.327 e. The van der Waals surface area contributed by atoms with Gasteiger partial charge in [-0.25, -0.2) is 13.8 Å². The number of aromatic nitrogens is 7. The average Bonchev–Trinajstić information content (AvgIpc) is 3.40. The zero-order valence-electron chi connectivity index (χ0n) is 16.2. The van der Waals surface area contributed by atoms with E-state index in [1.54, 1.807) is 25.4 Å². The van der Waals surface area contributed by atoms with Gasteiger partial charge in [-0.15, -0.1) is 5.10 Å². The van der Waals surface area contributed by atoms with Crippen molar-refractivity contribution < 1.29 is 18.3 Å². The SMILES string of the molecule is CCOC(=O)Cn1cc(-c2cnc(N)c(-c3nnnn3-c3cccc(F)c3F)c2)cn1. The van der Waals surface area contributed by atoms with Crippen molar-refractivity contribution in [2.24, 2.45) is 0 Å². The zero-order valence-corrected chi connectivity index (χ0v) is 16.2. The molecule has 3 heterocycles. The lowest BCUT2D eigenvalue weighted by Crippen LogP contribution is -2.13. The fourth-order valence-corrected chi connectivity index (χ4v) is 2.92. The molecule has 4 rings (SSSR count). The number of carbonyl (C=O) groups is 1. The summed E-state index contributed by atoms with van der Waals surface area (Å²) in [7, 11) is 0. The number of carbonyl (C=O) groups excluding carboxylic acids is 1. The number of esters is 1. The Labute approximate surface area is 174 Å². The maximum atomic E-state index is 14.3. The number of hydrogen-bond acceptors (Lipinski definition) is 8. The number of rotatable bonds is 6. The maximum absolute atomic E-state index is 14.3. The third kappa shape index (κ3) is 3.95. The van der Waals surface area contributed by atoms with Crippen LogP contribution in [0.25, 0.3) is 28.2 Å². The van der Waals surface area contributed by atoms with Crippen LogP contribution in [0.3, 0.4) is 0 Å². The number of halogens is 2. The van der Waals surface area contributed by atoms with Crippen molar-refractivity contribution in [2.45, 2.75) is 13.5 Å². The van der Waals surface area contributed by atoms with Crippen molar-refractivity contribution in [1.29, 1.82) is 0 Å². The van der Waals surface area contributed by atoms with Crippen LogP contribution >= 0.6 is 0 Å². The van der Waals surface area contributed by atoms with E-state index in [4.69, 9.17) is 10.5 Å². The fraction of sp³-hybridized carbons (Fsp3) is 0.158. The molecule has 0 saturated carbocycles. The van der Waals surface area contributed by atoms with Gasteiger partial charge in [0.25, 0.3) is 0 Å². The molecule has 0 radical (unpaired) electrons. The molecule has 0 atom stereocenters. The molecule has 0 saturated heterocycles. The van der Waals surface area contributed by atoms with Crippen molar-refractivity contribution >= 4 is 11.8 Å². The summed E-state index contributed by atoms with van der Waals surface area (Å²) in [5.74, 6) is -2.37. The minimum atomic E-state index is -1.10. The van der Waals surface area contributed by atoms with Crippen LogP contribution in [0.1, 0.15) is 6.92 Å². The lowest BCUT2D eigenvalue weighted by atomic mass is 10.1. The van der Waals surface area contributed by atoms with Crippen molar-refractivity contribution in [3.63, 3.8) is 0 Å². The van der Waals surface area contributed by atoms with Gasteiger partial charge in [0, 0.05) is 23.5 Å². The largest absolute Gasteiger partial charge is 0.465 e. The summed E-state index contributed by atoms with van der Waals surface area (Å²) in [6.45, 7) is 1.95. The van der Waals surface area contributed by atoms with E-state index in [2.05, 4.69) is 25.6 Å². The number of nitrogens with zero attached hydrogens (tertiary/aromatic N) is 7. The van der Waals surface area contributed by atoms with Gasteiger partial charge in [0.15, 0.2) is 17.5 Å². The summed E-state index contributed by atoms with van der Waals surface area (Å²) >= 11 is 0. The first kappa shape index (κ1) is 20.1. The molecule has 0 fully saturated rings. The molecule has 10 nitrogen and oxygen atoms in total. The Morgan fingerprint density at radius 3 is 2.87 bits per heavy atom. The van der Waals surface area contributed by atoms with Crippen LogP contribution in [0.2, 0.25) is 0 Å². The van der Waals surface area contributed by atoms with E-state index < -0.39 is 17.6 Å². The molecular formula is C19H16F2N8O2. The number of tetrazole rings is 1. The molecule has 0 aliphatic heterocycles. The smallest absolute Gasteiger partial charge is 0.327 e. The van der Waals surface area contributed by atoms with Crippen LogP contribution in [0.15, 0.2) is 42.9 Å². The summed E-state index contributed by atoms with van der Waals surface area (Å²) in [6, 6.07) is 5.32. The van der Waals surface area contributed by atoms with E-state index in [0.717, 1.165) is 10.7 Å². The van der Waals surface area contributed by atoms with Crippen LogP contribution in [-0.4, -0.2) is 47.5 Å². The lowest BCUT2D eigenvalue weighted by Gasteiger charge is -2.09. The van der Waals surface area contributed by atoms with E-state index in [1.165, 1.54) is 23.0 Å². The van der Waals surface area contributed by atoms with E-state index in [9.17, 15) is 13.6 Å². The van der Waals surface area contributed by atoms with Crippen LogP contribution in [-0.2, 0) is 16.1 Å². The average molecular weight is 426 g/mol. The van der Waals surface area contributed by atoms with Gasteiger partial charge in [-0.05, 0) is 35.5 Å². The number of nitrogens with two attached hydrogens (primary N) is 1. The van der Waals surface area contributed by atoms with E-state index in [1.807, 2.05) is 0 Å². The van der Waals surface area contributed by atoms with Gasteiger partial charge in [-0.1, -0.05) is 6.07 Å². The highest BCUT2D eigenvalue weighted by atomic mass is 19.2. The first-order chi connectivity index (χ1) is 15.0. The quantitative estimate of drug-likeness (QED) is 0.464. The second-order valence-corrected chi connectivity index (χ2v) is 6.38. The van der Waals surface area contributed by atoms with E-state index in [-0.39, 0.29) is 30.5 Å². The Bertz CT molecular complexity index is 1250. The number of nitrogen functional groups attached to an aromatic ring is 1. The van der Waals surface area contributed by atoms with E-state index >= 15 is 0 Å². The van der Waals surface area contributed by atoms with Gasteiger partial charge in [0.05, 0.1) is 18.4 Å². The van der Waals surface area contributed by atoms with Crippen molar-refractivity contribution in [3.8, 4) is 28.2 Å². The molecule has 3 aromatic heterocycles. The Hall–Kier alpha value is -4.22. The summed E-state index contributed by atoms with van der Waals surface area (Å²) < 4.78 is 35.3. The summed E-state index contributed by atoms with van der Waals surface area (Å²) in [5, 5.41) is 15.4. The molecule has 158 valence electrons. The number of hydrogen-bond donors (Lipinski definition) is 1. The minimum Gasteiger partial charge on any atom is -0.465 e. The monoisotopic (exact) mass is 426 g/mol. The van der Waals surface area contributed by atoms with Crippen molar-refractivity contribution in [3.05, 3.63) is 54.5 Å². The normalized spacial score (nSPS) is 10.9. The highest BCUT2D eigenvalue weighted by Gasteiger charge is 2.19. The Morgan fingerprint density at radius 1 is 1.23 bits per heavy atom. The van der Waals surface area contributed by atoms with Gasteiger partial charge < -0.3 is 10.5 Å².